The van der Waals surface area contributed by atoms with E-state index >= 15 is 0 Å². The molecule has 0 heterocycles. The molecule has 1 aromatic rings. The van der Waals surface area contributed by atoms with Gasteiger partial charge in [0.05, 0.1) is 7.11 Å². The molecule has 1 nitrogen and oxygen atoms in total. The van der Waals surface area contributed by atoms with Crippen molar-refractivity contribution in [3.8, 4) is 5.75 Å². The highest BCUT2D eigenvalue weighted by molar-refractivity contribution is 5.51. The molecule has 12 heavy (non-hydrogen) atoms. The van der Waals surface area contributed by atoms with E-state index in [9.17, 15) is 8.78 Å². The Balaban J connectivity index is 3.33. The van der Waals surface area contributed by atoms with Crippen molar-refractivity contribution in [1.82, 2.24) is 0 Å². The summed E-state index contributed by atoms with van der Waals surface area (Å²) in [6.45, 7) is 3.38. The summed E-state index contributed by atoms with van der Waals surface area (Å²) in [6.07, 6.45) is 1.30. The van der Waals surface area contributed by atoms with Crippen molar-refractivity contribution in [3.05, 3.63) is 35.9 Å². The van der Waals surface area contributed by atoms with E-state index in [4.69, 9.17) is 0 Å². The Morgan fingerprint density at radius 1 is 1.42 bits per heavy atom. The van der Waals surface area contributed by atoms with Crippen molar-refractivity contribution in [2.45, 2.75) is 0 Å². The molecule has 0 saturated carbocycles. The highest BCUT2D eigenvalue weighted by Gasteiger charge is 2.11. The summed E-state index contributed by atoms with van der Waals surface area (Å²) in [5.74, 6) is -1.79. The number of methoxy groups -OCH3 is 1. The van der Waals surface area contributed by atoms with Gasteiger partial charge in [0.2, 0.25) is 0 Å². The SMILES string of the molecule is C=Cc1ccc(F)c(OC)c1F. The molecule has 1 aromatic carbocycles. The zero-order valence-corrected chi connectivity index (χ0v) is 6.60. The Morgan fingerprint density at radius 2 is 2.08 bits per heavy atom. The molecule has 0 amide bonds. The van der Waals surface area contributed by atoms with Gasteiger partial charge in [0.25, 0.3) is 0 Å². The molecule has 1 rings (SSSR count). The first-order valence-corrected chi connectivity index (χ1v) is 3.35. The van der Waals surface area contributed by atoms with Crippen molar-refractivity contribution in [2.24, 2.45) is 0 Å². The minimum atomic E-state index is -0.715. The second-order valence-electron chi connectivity index (χ2n) is 2.19. The normalized spacial score (nSPS) is 9.58. The molecule has 0 saturated heterocycles. The van der Waals surface area contributed by atoms with Crippen molar-refractivity contribution in [1.29, 1.82) is 0 Å². The van der Waals surface area contributed by atoms with Crippen molar-refractivity contribution in [3.63, 3.8) is 0 Å². The van der Waals surface area contributed by atoms with Crippen LogP contribution in [0.15, 0.2) is 18.7 Å². The summed E-state index contributed by atoms with van der Waals surface area (Å²) in [7, 11) is 1.22. The quantitative estimate of drug-likeness (QED) is 0.662. The topological polar surface area (TPSA) is 9.23 Å². The molecule has 0 atom stereocenters. The van der Waals surface area contributed by atoms with Crippen LogP contribution in [-0.2, 0) is 0 Å². The molecule has 0 bridgehead atoms. The Kier molecular flexibility index (Phi) is 2.43. The van der Waals surface area contributed by atoms with Crippen molar-refractivity contribution in [2.75, 3.05) is 7.11 Å². The van der Waals surface area contributed by atoms with Crippen LogP contribution in [0.3, 0.4) is 0 Å². The van der Waals surface area contributed by atoms with E-state index in [0.29, 0.717) is 0 Å². The molecule has 0 fully saturated rings. The van der Waals surface area contributed by atoms with Crippen LogP contribution in [0.2, 0.25) is 0 Å². The van der Waals surface area contributed by atoms with Crippen LogP contribution in [0.25, 0.3) is 6.08 Å². The Labute approximate surface area is 69.3 Å². The van der Waals surface area contributed by atoms with Crippen LogP contribution in [0, 0.1) is 11.6 Å². The summed E-state index contributed by atoms with van der Waals surface area (Å²) in [6, 6.07) is 2.44. The summed E-state index contributed by atoms with van der Waals surface area (Å²) in [4.78, 5) is 0. The summed E-state index contributed by atoms with van der Waals surface area (Å²) in [5, 5.41) is 0. The largest absolute Gasteiger partial charge is 0.491 e. The van der Waals surface area contributed by atoms with Gasteiger partial charge in [-0.1, -0.05) is 12.7 Å². The number of benzene rings is 1. The van der Waals surface area contributed by atoms with Crippen LogP contribution in [0.4, 0.5) is 8.78 Å². The second kappa shape index (κ2) is 3.34. The second-order valence-corrected chi connectivity index (χ2v) is 2.19. The van der Waals surface area contributed by atoms with Gasteiger partial charge in [0.1, 0.15) is 0 Å². The first-order valence-electron chi connectivity index (χ1n) is 3.35. The fourth-order valence-corrected chi connectivity index (χ4v) is 0.892. The van der Waals surface area contributed by atoms with Gasteiger partial charge in [-0.15, -0.1) is 0 Å². The van der Waals surface area contributed by atoms with Gasteiger partial charge >= 0.3 is 0 Å². The summed E-state index contributed by atoms with van der Waals surface area (Å²) in [5.41, 5.74) is 0.230. The number of halogens is 2. The zero-order chi connectivity index (χ0) is 9.14. The van der Waals surface area contributed by atoms with Gasteiger partial charge in [0.15, 0.2) is 17.4 Å². The molecule has 64 valence electrons. The minimum Gasteiger partial charge on any atom is -0.491 e. The maximum absolute atomic E-state index is 13.1. The number of ether oxygens (including phenoxy) is 1. The molecular formula is C9H8F2O. The maximum atomic E-state index is 13.1. The van der Waals surface area contributed by atoms with E-state index in [1.54, 1.807) is 0 Å². The molecule has 0 unspecified atom stereocenters. The van der Waals surface area contributed by atoms with Crippen molar-refractivity contribution < 1.29 is 13.5 Å². The van der Waals surface area contributed by atoms with Crippen LogP contribution in [0.5, 0.6) is 5.75 Å². The average molecular weight is 170 g/mol. The standard InChI is InChI=1S/C9H8F2O/c1-3-6-4-5-7(10)9(12-2)8(6)11/h3-5H,1H2,2H3. The van der Waals surface area contributed by atoms with E-state index in [-0.39, 0.29) is 11.3 Å². The molecule has 0 radical (unpaired) electrons. The summed E-state index contributed by atoms with van der Waals surface area (Å²) >= 11 is 0. The van der Waals surface area contributed by atoms with Crippen LogP contribution in [0.1, 0.15) is 5.56 Å². The lowest BCUT2D eigenvalue weighted by Crippen LogP contribution is -1.94. The smallest absolute Gasteiger partial charge is 0.190 e. The van der Waals surface area contributed by atoms with Gasteiger partial charge < -0.3 is 4.74 Å². The van der Waals surface area contributed by atoms with E-state index in [2.05, 4.69) is 11.3 Å². The Hall–Kier alpha value is -1.38. The lowest BCUT2D eigenvalue weighted by molar-refractivity contribution is 0.359. The van der Waals surface area contributed by atoms with E-state index < -0.39 is 11.6 Å². The molecule has 0 N–H and O–H groups in total. The lowest BCUT2D eigenvalue weighted by Gasteiger charge is -2.04. The first-order chi connectivity index (χ1) is 5.70. The molecule has 0 aromatic heterocycles. The highest BCUT2D eigenvalue weighted by atomic mass is 19.1. The van der Waals surface area contributed by atoms with Crippen LogP contribution >= 0.6 is 0 Å². The molecule has 0 spiro atoms. The first kappa shape index (κ1) is 8.71. The number of hydrogen-bond donors (Lipinski definition) is 0. The van der Waals surface area contributed by atoms with Gasteiger partial charge in [0, 0.05) is 5.56 Å². The summed E-state index contributed by atoms with van der Waals surface area (Å²) < 4.78 is 30.4. The molecule has 3 heteroatoms. The third kappa shape index (κ3) is 1.30. The Bertz CT molecular complexity index is 308. The molecular weight excluding hydrogens is 162 g/mol. The predicted octanol–water partition coefficient (Wildman–Crippen LogP) is 2.62. The van der Waals surface area contributed by atoms with Gasteiger partial charge in [-0.3, -0.25) is 0 Å². The fraction of sp³-hybridized carbons (Fsp3) is 0.111. The highest BCUT2D eigenvalue weighted by Crippen LogP contribution is 2.24. The van der Waals surface area contributed by atoms with E-state index in [0.717, 1.165) is 6.07 Å². The number of rotatable bonds is 2. The maximum Gasteiger partial charge on any atom is 0.190 e. The van der Waals surface area contributed by atoms with E-state index in [1.807, 2.05) is 0 Å². The average Bonchev–Trinajstić information content (AvgIpc) is 2.06. The van der Waals surface area contributed by atoms with Gasteiger partial charge in [-0.2, -0.15) is 0 Å². The molecule has 0 aliphatic carbocycles. The van der Waals surface area contributed by atoms with Gasteiger partial charge in [-0.25, -0.2) is 8.78 Å². The zero-order valence-electron chi connectivity index (χ0n) is 6.60. The third-order valence-electron chi connectivity index (χ3n) is 1.50. The third-order valence-corrected chi connectivity index (χ3v) is 1.50. The van der Waals surface area contributed by atoms with Crippen LogP contribution < -0.4 is 4.74 Å². The fourth-order valence-electron chi connectivity index (χ4n) is 0.892. The monoisotopic (exact) mass is 170 g/mol. The van der Waals surface area contributed by atoms with E-state index in [1.165, 1.54) is 19.3 Å². The molecule has 0 aliphatic rings. The Morgan fingerprint density at radius 3 is 2.58 bits per heavy atom. The molecule has 0 aliphatic heterocycles. The number of hydrogen-bond acceptors (Lipinski definition) is 1. The van der Waals surface area contributed by atoms with Gasteiger partial charge in [-0.05, 0) is 12.1 Å². The van der Waals surface area contributed by atoms with Crippen LogP contribution in [-0.4, -0.2) is 7.11 Å². The predicted molar refractivity (Wildman–Crippen MR) is 43.0 cm³/mol. The lowest BCUT2D eigenvalue weighted by atomic mass is 10.2. The minimum absolute atomic E-state index is 0.230. The van der Waals surface area contributed by atoms with Crippen molar-refractivity contribution >= 4 is 6.08 Å².